The fraction of sp³-hybridized carbons (Fsp3) is 0.176. The third kappa shape index (κ3) is 3.69. The lowest BCUT2D eigenvalue weighted by atomic mass is 10.2. The van der Waals surface area contributed by atoms with Crippen LogP contribution in [0.5, 0.6) is 11.5 Å². The number of benzene rings is 2. The van der Waals surface area contributed by atoms with Crippen LogP contribution in [0.4, 0.5) is 4.39 Å². The number of methoxy groups -OCH3 is 2. The van der Waals surface area contributed by atoms with Crippen molar-refractivity contribution >= 4 is 11.8 Å². The molecule has 1 aromatic heterocycles. The SMILES string of the molecule is COc1ccc(-c2nnc(SCc3ccc(OC)c(F)c3)n2N)cc1. The van der Waals surface area contributed by atoms with Gasteiger partial charge in [-0.05, 0) is 42.0 Å². The average molecular weight is 360 g/mol. The van der Waals surface area contributed by atoms with E-state index >= 15 is 0 Å². The second kappa shape index (κ2) is 7.43. The molecular weight excluding hydrogens is 343 g/mol. The van der Waals surface area contributed by atoms with Crippen LogP contribution >= 0.6 is 11.8 Å². The monoisotopic (exact) mass is 360 g/mol. The van der Waals surface area contributed by atoms with Gasteiger partial charge in [0.15, 0.2) is 17.4 Å². The van der Waals surface area contributed by atoms with Crippen LogP contribution in [0.15, 0.2) is 47.6 Å². The summed E-state index contributed by atoms with van der Waals surface area (Å²) in [6.45, 7) is 0. The quantitative estimate of drug-likeness (QED) is 0.538. The number of halogens is 1. The number of nitrogens with zero attached hydrogens (tertiary/aromatic N) is 3. The van der Waals surface area contributed by atoms with Gasteiger partial charge >= 0.3 is 0 Å². The average Bonchev–Trinajstić information content (AvgIpc) is 3.01. The summed E-state index contributed by atoms with van der Waals surface area (Å²) in [5.41, 5.74) is 1.63. The molecule has 0 saturated carbocycles. The molecular formula is C17H17FN4O2S. The Kier molecular flexibility index (Phi) is 5.08. The van der Waals surface area contributed by atoms with E-state index in [1.807, 2.05) is 24.3 Å². The van der Waals surface area contributed by atoms with E-state index < -0.39 is 5.82 Å². The molecule has 0 saturated heterocycles. The lowest BCUT2D eigenvalue weighted by Gasteiger charge is -2.06. The highest BCUT2D eigenvalue weighted by Crippen LogP contribution is 2.27. The van der Waals surface area contributed by atoms with Crippen molar-refractivity contribution in [3.05, 3.63) is 53.8 Å². The Balaban J connectivity index is 1.73. The van der Waals surface area contributed by atoms with Crippen molar-refractivity contribution in [1.82, 2.24) is 14.9 Å². The molecule has 0 atom stereocenters. The molecule has 2 aromatic carbocycles. The number of thioether (sulfide) groups is 1. The number of ether oxygens (including phenoxy) is 2. The third-order valence-corrected chi connectivity index (χ3v) is 4.61. The Labute approximate surface area is 148 Å². The molecule has 6 nitrogen and oxygen atoms in total. The maximum Gasteiger partial charge on any atom is 0.210 e. The topological polar surface area (TPSA) is 75.2 Å². The van der Waals surface area contributed by atoms with Crippen LogP contribution in [-0.2, 0) is 5.75 Å². The lowest BCUT2D eigenvalue weighted by Crippen LogP contribution is -2.11. The van der Waals surface area contributed by atoms with Crippen LogP contribution in [0.3, 0.4) is 0 Å². The first-order valence-corrected chi connectivity index (χ1v) is 8.41. The zero-order valence-corrected chi connectivity index (χ0v) is 14.6. The highest BCUT2D eigenvalue weighted by molar-refractivity contribution is 7.98. The summed E-state index contributed by atoms with van der Waals surface area (Å²) in [5, 5.41) is 8.78. The molecule has 0 aliphatic heterocycles. The summed E-state index contributed by atoms with van der Waals surface area (Å²) < 4.78 is 25.2. The fourth-order valence-electron chi connectivity index (χ4n) is 2.26. The second-order valence-corrected chi connectivity index (χ2v) is 6.10. The predicted octanol–water partition coefficient (Wildman–Crippen LogP) is 3.11. The van der Waals surface area contributed by atoms with Crippen molar-refractivity contribution in [3.8, 4) is 22.9 Å². The first kappa shape index (κ1) is 17.1. The molecule has 130 valence electrons. The predicted molar refractivity (Wildman–Crippen MR) is 94.7 cm³/mol. The van der Waals surface area contributed by atoms with E-state index in [0.717, 1.165) is 16.9 Å². The number of hydrogen-bond acceptors (Lipinski definition) is 6. The van der Waals surface area contributed by atoms with E-state index in [-0.39, 0.29) is 5.75 Å². The third-order valence-electron chi connectivity index (χ3n) is 3.60. The zero-order valence-electron chi connectivity index (χ0n) is 13.8. The van der Waals surface area contributed by atoms with Crippen LogP contribution in [0.25, 0.3) is 11.4 Å². The molecule has 0 spiro atoms. The van der Waals surface area contributed by atoms with Crippen LogP contribution in [0.1, 0.15) is 5.56 Å². The maximum absolute atomic E-state index is 13.7. The molecule has 25 heavy (non-hydrogen) atoms. The number of nitrogen functional groups attached to an aromatic ring is 1. The number of aromatic nitrogens is 3. The minimum absolute atomic E-state index is 0.220. The van der Waals surface area contributed by atoms with E-state index in [2.05, 4.69) is 10.2 Å². The van der Waals surface area contributed by atoms with Crippen LogP contribution < -0.4 is 15.3 Å². The summed E-state index contributed by atoms with van der Waals surface area (Å²) in [7, 11) is 3.04. The summed E-state index contributed by atoms with van der Waals surface area (Å²) in [6.07, 6.45) is 0. The highest BCUT2D eigenvalue weighted by Gasteiger charge is 2.13. The second-order valence-electron chi connectivity index (χ2n) is 5.16. The van der Waals surface area contributed by atoms with Gasteiger partial charge in [0.1, 0.15) is 5.75 Å². The summed E-state index contributed by atoms with van der Waals surface area (Å²) in [6, 6.07) is 12.2. The molecule has 0 aliphatic rings. The smallest absolute Gasteiger partial charge is 0.210 e. The van der Waals surface area contributed by atoms with Gasteiger partial charge in [-0.2, -0.15) is 0 Å². The molecule has 0 amide bonds. The van der Waals surface area contributed by atoms with E-state index in [1.165, 1.54) is 29.6 Å². The van der Waals surface area contributed by atoms with Crippen molar-refractivity contribution in [2.24, 2.45) is 0 Å². The number of hydrogen-bond donors (Lipinski definition) is 1. The van der Waals surface area contributed by atoms with E-state index in [1.54, 1.807) is 19.2 Å². The summed E-state index contributed by atoms with van der Waals surface area (Å²) in [4.78, 5) is 0. The number of rotatable bonds is 6. The van der Waals surface area contributed by atoms with E-state index in [0.29, 0.717) is 16.7 Å². The molecule has 2 N–H and O–H groups in total. The Morgan fingerprint density at radius 3 is 2.48 bits per heavy atom. The van der Waals surface area contributed by atoms with Crippen LogP contribution in [-0.4, -0.2) is 29.1 Å². The Bertz CT molecular complexity index is 868. The van der Waals surface area contributed by atoms with Gasteiger partial charge in [-0.1, -0.05) is 17.8 Å². The molecule has 3 rings (SSSR count). The molecule has 0 fully saturated rings. The molecule has 1 heterocycles. The first-order chi connectivity index (χ1) is 12.1. The van der Waals surface area contributed by atoms with Crippen LogP contribution in [0, 0.1) is 5.82 Å². The van der Waals surface area contributed by atoms with Gasteiger partial charge in [-0.15, -0.1) is 10.2 Å². The van der Waals surface area contributed by atoms with E-state index in [4.69, 9.17) is 15.3 Å². The van der Waals surface area contributed by atoms with E-state index in [9.17, 15) is 4.39 Å². The van der Waals surface area contributed by atoms with Gasteiger partial charge in [0, 0.05) is 11.3 Å². The molecule has 0 aliphatic carbocycles. The Hall–Kier alpha value is -2.74. The molecule has 0 unspecified atom stereocenters. The normalized spacial score (nSPS) is 10.7. The van der Waals surface area contributed by atoms with Gasteiger partial charge < -0.3 is 15.3 Å². The van der Waals surface area contributed by atoms with Crippen molar-refractivity contribution < 1.29 is 13.9 Å². The first-order valence-electron chi connectivity index (χ1n) is 7.42. The number of nitrogens with two attached hydrogens (primary N) is 1. The van der Waals surface area contributed by atoms with Gasteiger partial charge in [-0.25, -0.2) is 9.07 Å². The Morgan fingerprint density at radius 1 is 1.08 bits per heavy atom. The standard InChI is InChI=1S/C17H17FN4O2S/c1-23-13-6-4-12(5-7-13)16-20-21-17(22(16)19)25-10-11-3-8-15(24-2)14(18)9-11/h3-9H,10,19H2,1-2H3. The summed E-state index contributed by atoms with van der Waals surface area (Å²) >= 11 is 1.38. The minimum atomic E-state index is -0.395. The molecule has 0 bridgehead atoms. The fourth-order valence-corrected chi connectivity index (χ4v) is 3.06. The van der Waals surface area contributed by atoms with Gasteiger partial charge in [0.2, 0.25) is 5.16 Å². The summed E-state index contributed by atoms with van der Waals surface area (Å²) in [5.74, 6) is 7.73. The zero-order chi connectivity index (χ0) is 17.8. The van der Waals surface area contributed by atoms with Crippen molar-refractivity contribution in [1.29, 1.82) is 0 Å². The Morgan fingerprint density at radius 2 is 1.84 bits per heavy atom. The molecule has 0 radical (unpaired) electrons. The van der Waals surface area contributed by atoms with Crippen molar-refractivity contribution in [2.45, 2.75) is 10.9 Å². The van der Waals surface area contributed by atoms with Gasteiger partial charge in [0.05, 0.1) is 14.2 Å². The molecule has 8 heteroatoms. The lowest BCUT2D eigenvalue weighted by molar-refractivity contribution is 0.386. The minimum Gasteiger partial charge on any atom is -0.497 e. The van der Waals surface area contributed by atoms with Gasteiger partial charge in [0.25, 0.3) is 0 Å². The highest BCUT2D eigenvalue weighted by atomic mass is 32.2. The maximum atomic E-state index is 13.7. The van der Waals surface area contributed by atoms with Crippen molar-refractivity contribution in [3.63, 3.8) is 0 Å². The van der Waals surface area contributed by atoms with Crippen molar-refractivity contribution in [2.75, 3.05) is 20.1 Å². The molecule has 3 aromatic rings. The van der Waals surface area contributed by atoms with Gasteiger partial charge in [-0.3, -0.25) is 0 Å². The van der Waals surface area contributed by atoms with Crippen LogP contribution in [0.2, 0.25) is 0 Å². The largest absolute Gasteiger partial charge is 0.497 e.